The van der Waals surface area contributed by atoms with Crippen LogP contribution >= 0.6 is 11.6 Å². The summed E-state index contributed by atoms with van der Waals surface area (Å²) in [4.78, 5) is 7.69. The molecule has 1 aromatic heterocycles. The van der Waals surface area contributed by atoms with Gasteiger partial charge in [-0.25, -0.2) is 4.39 Å². The predicted molar refractivity (Wildman–Crippen MR) is 68.4 cm³/mol. The van der Waals surface area contributed by atoms with Gasteiger partial charge in [0.25, 0.3) is 5.88 Å². The third kappa shape index (κ3) is 2.91. The first kappa shape index (κ1) is 14.3. The summed E-state index contributed by atoms with van der Waals surface area (Å²) in [6.07, 6.45) is 0. The Morgan fingerprint density at radius 1 is 1.15 bits per heavy atom. The third-order valence-electron chi connectivity index (χ3n) is 2.41. The quantitative estimate of drug-likeness (QED) is 0.488. The Kier molecular flexibility index (Phi) is 4.24. The molecule has 0 aliphatic heterocycles. The molecule has 20 heavy (non-hydrogen) atoms. The van der Waals surface area contributed by atoms with Gasteiger partial charge in [-0.05, 0) is 12.5 Å². The molecule has 1 aromatic carbocycles. The number of hydrogen-bond donors (Lipinski definition) is 0. The van der Waals surface area contributed by atoms with E-state index in [9.17, 15) is 13.2 Å². The van der Waals surface area contributed by atoms with Gasteiger partial charge in [0, 0.05) is 0 Å². The highest BCUT2D eigenvalue weighted by Gasteiger charge is 2.20. The molecule has 0 unspecified atom stereocenters. The van der Waals surface area contributed by atoms with Crippen LogP contribution in [-0.2, 0) is 0 Å². The number of rotatable bonds is 3. The monoisotopic (exact) mass is 300 g/mol. The summed E-state index contributed by atoms with van der Waals surface area (Å²) in [5, 5.41) is 2.55. The molecule has 1 heterocycles. The molecule has 2 rings (SSSR count). The largest absolute Gasteiger partial charge is 0.333 e. The lowest BCUT2D eigenvalue weighted by molar-refractivity contribution is 0.292. The molecule has 7 heteroatoms. The molecule has 0 amide bonds. The average molecular weight is 301 g/mol. The molecule has 0 bridgehead atoms. The summed E-state index contributed by atoms with van der Waals surface area (Å²) in [5.41, 5.74) is 1.10. The molecule has 2 aromatic rings. The van der Waals surface area contributed by atoms with E-state index in [1.165, 1.54) is 0 Å². The molecule has 3 nitrogen and oxygen atoms in total. The van der Waals surface area contributed by atoms with Crippen molar-refractivity contribution in [1.29, 1.82) is 0 Å². The van der Waals surface area contributed by atoms with Crippen molar-refractivity contribution in [1.82, 2.24) is 4.98 Å². The molecule has 0 spiro atoms. The fraction of sp³-hybridized carbons (Fsp3) is 0.0769. The minimum atomic E-state index is -1.57. The normalized spacial score (nSPS) is 11.6. The van der Waals surface area contributed by atoms with Gasteiger partial charge < -0.3 is 4.84 Å². The summed E-state index contributed by atoms with van der Waals surface area (Å²) >= 11 is 5.17. The van der Waals surface area contributed by atoms with Crippen LogP contribution in [0.3, 0.4) is 0 Å². The summed E-state index contributed by atoms with van der Waals surface area (Å²) in [6.45, 7) is 1.59. The highest BCUT2D eigenvalue weighted by atomic mass is 35.5. The summed E-state index contributed by atoms with van der Waals surface area (Å²) < 4.78 is 39.7. The number of oxime groups is 1. The van der Waals surface area contributed by atoms with Gasteiger partial charge in [0.05, 0.1) is 5.71 Å². The van der Waals surface area contributed by atoms with E-state index >= 15 is 0 Å². The second-order valence-electron chi connectivity index (χ2n) is 3.78. The minimum Gasteiger partial charge on any atom is -0.333 e. The second kappa shape index (κ2) is 5.92. The van der Waals surface area contributed by atoms with E-state index in [0.717, 1.165) is 0 Å². The van der Waals surface area contributed by atoms with E-state index in [0.29, 0.717) is 11.3 Å². The van der Waals surface area contributed by atoms with Gasteiger partial charge in [-0.3, -0.25) is 0 Å². The lowest BCUT2D eigenvalue weighted by Gasteiger charge is -2.04. The topological polar surface area (TPSA) is 34.5 Å². The maximum absolute atomic E-state index is 13.4. The van der Waals surface area contributed by atoms with Crippen LogP contribution in [0.2, 0.25) is 5.02 Å². The Bertz CT molecular complexity index is 662. The maximum Gasteiger partial charge on any atom is 0.290 e. The molecule has 0 aliphatic rings. The smallest absolute Gasteiger partial charge is 0.290 e. The number of aromatic nitrogens is 1. The molecule has 0 radical (unpaired) electrons. The van der Waals surface area contributed by atoms with Gasteiger partial charge >= 0.3 is 0 Å². The molecule has 0 fully saturated rings. The van der Waals surface area contributed by atoms with E-state index in [-0.39, 0.29) is 0 Å². The first-order valence-electron chi connectivity index (χ1n) is 5.47. The van der Waals surface area contributed by atoms with Gasteiger partial charge in [0.2, 0.25) is 11.8 Å². The van der Waals surface area contributed by atoms with Crippen LogP contribution in [0.1, 0.15) is 12.5 Å². The fourth-order valence-corrected chi connectivity index (χ4v) is 1.50. The Morgan fingerprint density at radius 3 is 2.45 bits per heavy atom. The number of benzene rings is 1. The lowest BCUT2D eigenvalue weighted by Crippen LogP contribution is -2.03. The summed E-state index contributed by atoms with van der Waals surface area (Å²) in [6, 6.07) is 8.84. The first-order chi connectivity index (χ1) is 9.50. The zero-order chi connectivity index (χ0) is 14.7. The number of hydrogen-bond acceptors (Lipinski definition) is 3. The van der Waals surface area contributed by atoms with Crippen LogP contribution in [0.15, 0.2) is 35.5 Å². The van der Waals surface area contributed by atoms with Crippen molar-refractivity contribution in [2.45, 2.75) is 6.92 Å². The van der Waals surface area contributed by atoms with Crippen molar-refractivity contribution in [3.05, 3.63) is 58.5 Å². The standard InChI is InChI=1S/C13H8ClF3N2O/c1-7(8-5-3-2-4-6-8)19-20-13-11(16)10(15)9(14)12(17)18-13/h2-6H,1H3/b19-7+. The van der Waals surface area contributed by atoms with Crippen molar-refractivity contribution in [3.8, 4) is 5.88 Å². The fourth-order valence-electron chi connectivity index (χ4n) is 1.37. The van der Waals surface area contributed by atoms with Crippen molar-refractivity contribution >= 4 is 17.3 Å². The average Bonchev–Trinajstić information content (AvgIpc) is 2.48. The van der Waals surface area contributed by atoms with Crippen molar-refractivity contribution < 1.29 is 18.0 Å². The number of nitrogens with zero attached hydrogens (tertiary/aromatic N) is 2. The second-order valence-corrected chi connectivity index (χ2v) is 4.16. The van der Waals surface area contributed by atoms with Crippen LogP contribution in [0.5, 0.6) is 5.88 Å². The van der Waals surface area contributed by atoms with Crippen LogP contribution in [-0.4, -0.2) is 10.7 Å². The predicted octanol–water partition coefficient (Wildman–Crippen LogP) is 3.96. The molecular weight excluding hydrogens is 293 g/mol. The van der Waals surface area contributed by atoms with Crippen molar-refractivity contribution in [2.24, 2.45) is 5.16 Å². The zero-order valence-corrected chi connectivity index (χ0v) is 11.0. The minimum absolute atomic E-state index is 0.391. The van der Waals surface area contributed by atoms with Crippen LogP contribution < -0.4 is 4.84 Å². The molecule has 0 N–H and O–H groups in total. The summed E-state index contributed by atoms with van der Waals surface area (Å²) in [7, 11) is 0. The molecule has 0 saturated carbocycles. The lowest BCUT2D eigenvalue weighted by atomic mass is 10.1. The molecular formula is C13H8ClF3N2O. The molecule has 0 aliphatic carbocycles. The van der Waals surface area contributed by atoms with Gasteiger partial charge in [-0.15, -0.1) is 0 Å². The molecule has 0 saturated heterocycles. The third-order valence-corrected chi connectivity index (χ3v) is 2.74. The molecule has 0 atom stereocenters. The Balaban J connectivity index is 2.28. The molecule has 104 valence electrons. The van der Waals surface area contributed by atoms with E-state index in [1.54, 1.807) is 31.2 Å². The first-order valence-corrected chi connectivity index (χ1v) is 5.85. The zero-order valence-electron chi connectivity index (χ0n) is 10.2. The van der Waals surface area contributed by atoms with Gasteiger partial charge in [-0.1, -0.05) is 47.1 Å². The van der Waals surface area contributed by atoms with E-state index in [1.807, 2.05) is 6.07 Å². The SMILES string of the molecule is C/C(=N\Oc1nc(F)c(Cl)c(F)c1F)c1ccccc1. The number of halogens is 4. The van der Waals surface area contributed by atoms with E-state index < -0.39 is 28.5 Å². The van der Waals surface area contributed by atoms with Crippen LogP contribution in [0.4, 0.5) is 13.2 Å². The van der Waals surface area contributed by atoms with Crippen LogP contribution in [0, 0.1) is 17.6 Å². The Labute approximate surface area is 117 Å². The maximum atomic E-state index is 13.4. The Morgan fingerprint density at radius 2 is 1.80 bits per heavy atom. The van der Waals surface area contributed by atoms with Crippen molar-refractivity contribution in [2.75, 3.05) is 0 Å². The van der Waals surface area contributed by atoms with Crippen molar-refractivity contribution in [3.63, 3.8) is 0 Å². The highest BCUT2D eigenvalue weighted by Crippen LogP contribution is 2.25. The Hall–Kier alpha value is -2.08. The van der Waals surface area contributed by atoms with E-state index in [4.69, 9.17) is 11.6 Å². The summed E-state index contributed by atoms with van der Waals surface area (Å²) in [5.74, 6) is -5.35. The van der Waals surface area contributed by atoms with Gasteiger partial charge in [0.1, 0.15) is 5.02 Å². The highest BCUT2D eigenvalue weighted by molar-refractivity contribution is 6.30. The number of pyridine rings is 1. The van der Waals surface area contributed by atoms with E-state index in [2.05, 4.69) is 15.0 Å². The van der Waals surface area contributed by atoms with Gasteiger partial charge in [-0.2, -0.15) is 13.8 Å². The van der Waals surface area contributed by atoms with Crippen LogP contribution in [0.25, 0.3) is 0 Å². The van der Waals surface area contributed by atoms with Gasteiger partial charge in [0.15, 0.2) is 5.82 Å².